The fourth-order valence-corrected chi connectivity index (χ4v) is 4.28. The van der Waals surface area contributed by atoms with E-state index in [1.165, 1.54) is 27.7 Å². The van der Waals surface area contributed by atoms with E-state index in [1.54, 1.807) is 6.92 Å². The molecule has 0 aliphatic carbocycles. The van der Waals surface area contributed by atoms with Crippen molar-refractivity contribution in [2.24, 2.45) is 0 Å². The van der Waals surface area contributed by atoms with E-state index in [1.807, 2.05) is 0 Å². The number of carbonyl (C=O) groups excluding carboxylic acids is 2. The first-order valence-electron chi connectivity index (χ1n) is 13.9. The van der Waals surface area contributed by atoms with Crippen LogP contribution < -0.4 is 10.5 Å². The Hall–Kier alpha value is -3.42. The van der Waals surface area contributed by atoms with Crippen molar-refractivity contribution in [1.82, 2.24) is 19.5 Å². The lowest BCUT2D eigenvalue weighted by molar-refractivity contribution is -0.205. The number of aliphatic hydroxyl groups excluding tert-OH is 1. The molecule has 3 heterocycles. The molecule has 2 aromatic rings. The van der Waals surface area contributed by atoms with Crippen LogP contribution in [0.15, 0.2) is 6.33 Å². The fourth-order valence-electron chi connectivity index (χ4n) is 3.50. The first kappa shape index (κ1) is 32.0. The van der Waals surface area contributed by atoms with Crippen LogP contribution in [0.5, 0.6) is 5.88 Å². The summed E-state index contributed by atoms with van der Waals surface area (Å²) in [7, 11) is -5.49. The minimum atomic E-state index is -5.49. The average Bonchev–Trinajstić information content (AvgIpc) is 3.40. The molecule has 1 fully saturated rings. The first-order chi connectivity index (χ1) is 21.3. The van der Waals surface area contributed by atoms with Crippen molar-refractivity contribution >= 4 is 37.2 Å². The molecule has 18 nitrogen and oxygen atoms in total. The Kier molecular flexibility index (Phi) is 10.3. The molecule has 0 amide bonds. The standard InChI is InChI=1S/C23H34F2N5O13P/c1-7-35-16-14-15(28-19(26)29-16)30(9-27-14)18-22(6,24)17(31)23(25,43-18)8-38-44(34,39-10-36-20(32)41-12(2)3)40-11-37-21(33)42-13(4)5/h9,12-13,17-18,31H,7-8,10-11H2,1-6H3,(H2,26,28,29)/t17-,18+,22+,23+/m0/s1/i8D2. The molecule has 0 aromatic carbocycles. The number of hydrogen-bond acceptors (Lipinski definition) is 17. The number of ether oxygens (including phenoxy) is 6. The molecule has 248 valence electrons. The maximum atomic E-state index is 16.4. The van der Waals surface area contributed by atoms with Gasteiger partial charge >= 0.3 is 20.1 Å². The quantitative estimate of drug-likeness (QED) is 0.169. The number of hydrogen-bond donors (Lipinski definition) is 2. The second-order valence-electron chi connectivity index (χ2n) is 9.57. The molecule has 1 saturated heterocycles. The van der Waals surface area contributed by atoms with Gasteiger partial charge in [-0.25, -0.2) is 37.0 Å². The van der Waals surface area contributed by atoms with Gasteiger partial charge in [-0.05, 0) is 41.5 Å². The van der Waals surface area contributed by atoms with Gasteiger partial charge in [0.2, 0.25) is 25.4 Å². The number of halogens is 2. The van der Waals surface area contributed by atoms with Gasteiger partial charge in [-0.1, -0.05) is 0 Å². The average molecular weight is 660 g/mol. The Morgan fingerprint density at radius 1 is 1.14 bits per heavy atom. The van der Waals surface area contributed by atoms with Crippen LogP contribution in [0.3, 0.4) is 0 Å². The number of aromatic nitrogens is 4. The molecule has 3 N–H and O–H groups in total. The van der Waals surface area contributed by atoms with Crippen LogP contribution in [0.1, 0.15) is 50.5 Å². The lowest BCUT2D eigenvalue weighted by atomic mass is 9.97. The highest BCUT2D eigenvalue weighted by atomic mass is 31.2. The lowest BCUT2D eigenvalue weighted by Gasteiger charge is -2.26. The second kappa shape index (κ2) is 14.1. The number of imidazole rings is 1. The van der Waals surface area contributed by atoms with Crippen molar-refractivity contribution < 1.29 is 72.8 Å². The normalized spacial score (nSPS) is 24.7. The zero-order valence-electron chi connectivity index (χ0n) is 26.4. The molecule has 4 atom stereocenters. The SMILES string of the molecule is [2H]C([2H])(OP(=O)(OCOC(=O)OC(C)C)OCOC(=O)OC(C)C)[C@@]1(F)O[C@@H](n2cnc3c(OCC)nc(N)nc32)[C@](C)(F)[C@@H]1O. The van der Waals surface area contributed by atoms with Crippen LogP contribution in [-0.4, -0.2) is 93.5 Å². The van der Waals surface area contributed by atoms with Crippen LogP contribution in [0.2, 0.25) is 0 Å². The molecule has 0 spiro atoms. The number of phosphoric acid groups is 1. The number of nitrogen functional groups attached to an aromatic ring is 1. The van der Waals surface area contributed by atoms with Crippen molar-refractivity contribution in [3.63, 3.8) is 0 Å². The Bertz CT molecular complexity index is 1420. The highest BCUT2D eigenvalue weighted by Crippen LogP contribution is 2.54. The number of nitrogens with two attached hydrogens (primary N) is 1. The summed E-state index contributed by atoms with van der Waals surface area (Å²) in [5.41, 5.74) is 2.25. The molecule has 0 saturated carbocycles. The monoisotopic (exact) mass is 659 g/mol. The van der Waals surface area contributed by atoms with Gasteiger partial charge in [0.15, 0.2) is 29.2 Å². The summed E-state index contributed by atoms with van der Waals surface area (Å²) in [5, 5.41) is 10.8. The van der Waals surface area contributed by atoms with E-state index in [9.17, 15) is 19.3 Å². The molecule has 44 heavy (non-hydrogen) atoms. The Morgan fingerprint density at radius 3 is 2.23 bits per heavy atom. The third kappa shape index (κ3) is 8.39. The van der Waals surface area contributed by atoms with Crippen LogP contribution in [0.4, 0.5) is 24.3 Å². The van der Waals surface area contributed by atoms with Gasteiger partial charge in [0, 0.05) is 0 Å². The molecule has 1 aliphatic rings. The summed E-state index contributed by atoms with van der Waals surface area (Å²) in [5.74, 6) is -4.63. The van der Waals surface area contributed by atoms with Crippen LogP contribution in [0.25, 0.3) is 11.2 Å². The predicted octanol–water partition coefficient (Wildman–Crippen LogP) is 3.29. The van der Waals surface area contributed by atoms with Gasteiger partial charge in [-0.3, -0.25) is 9.09 Å². The van der Waals surface area contributed by atoms with E-state index in [4.69, 9.17) is 36.5 Å². The third-order valence-electron chi connectivity index (χ3n) is 5.33. The molecule has 0 bridgehead atoms. The van der Waals surface area contributed by atoms with Gasteiger partial charge in [0.05, 0.1) is 27.9 Å². The molecule has 1 aliphatic heterocycles. The minimum Gasteiger partial charge on any atom is -0.476 e. The van der Waals surface area contributed by atoms with Crippen molar-refractivity contribution in [3.8, 4) is 5.88 Å². The summed E-state index contributed by atoms with van der Waals surface area (Å²) >= 11 is 0. The lowest BCUT2D eigenvalue weighted by Crippen LogP contribution is -2.46. The number of rotatable bonds is 14. The molecule has 0 unspecified atom stereocenters. The summed E-state index contributed by atoms with van der Waals surface area (Å²) in [6.45, 7) is 1.70. The third-order valence-corrected chi connectivity index (χ3v) is 6.49. The van der Waals surface area contributed by atoms with E-state index in [0.717, 1.165) is 10.9 Å². The first-order valence-corrected chi connectivity index (χ1v) is 14.4. The summed E-state index contributed by atoms with van der Waals surface area (Å²) in [4.78, 5) is 35.2. The van der Waals surface area contributed by atoms with Crippen LogP contribution >= 0.6 is 7.82 Å². The van der Waals surface area contributed by atoms with Gasteiger partial charge in [-0.2, -0.15) is 9.97 Å². The number of nitrogens with zero attached hydrogens (tertiary/aromatic N) is 4. The number of carbonyl (C=O) groups is 2. The Balaban J connectivity index is 1.91. The number of anilines is 1. The predicted molar refractivity (Wildman–Crippen MR) is 141 cm³/mol. The van der Waals surface area contributed by atoms with Crippen LogP contribution in [0, 0.1) is 0 Å². The zero-order valence-corrected chi connectivity index (χ0v) is 25.3. The largest absolute Gasteiger partial charge is 0.510 e. The number of aliphatic hydroxyl groups is 1. The van der Waals surface area contributed by atoms with Gasteiger partial charge < -0.3 is 39.3 Å². The second-order valence-corrected chi connectivity index (χ2v) is 11.2. The highest BCUT2D eigenvalue weighted by Gasteiger charge is 2.65. The van der Waals surface area contributed by atoms with Crippen molar-refractivity contribution in [2.75, 3.05) is 32.5 Å². The molecule has 3 rings (SSSR count). The van der Waals surface area contributed by atoms with E-state index in [-0.39, 0.29) is 29.6 Å². The summed E-state index contributed by atoms with van der Waals surface area (Å²) in [6, 6.07) is 0. The maximum absolute atomic E-state index is 16.4. The number of fused-ring (bicyclic) bond motifs is 1. The topological polar surface area (TPSA) is 224 Å². The maximum Gasteiger partial charge on any atom is 0.510 e. The molecule has 0 radical (unpaired) electrons. The Morgan fingerprint density at radius 2 is 1.70 bits per heavy atom. The fraction of sp³-hybridized carbons (Fsp3) is 0.696. The van der Waals surface area contributed by atoms with E-state index >= 15 is 8.78 Å². The highest BCUT2D eigenvalue weighted by molar-refractivity contribution is 7.48. The van der Waals surface area contributed by atoms with Gasteiger partial charge in [-0.15, -0.1) is 0 Å². The van der Waals surface area contributed by atoms with Crippen LogP contribution in [-0.2, 0) is 41.8 Å². The van der Waals surface area contributed by atoms with Gasteiger partial charge in [0.25, 0.3) is 5.85 Å². The van der Waals surface area contributed by atoms with E-state index < -0.39 is 76.3 Å². The number of alkyl halides is 2. The molecular formula is C23H34F2N5O13P. The van der Waals surface area contributed by atoms with Crippen molar-refractivity contribution in [2.45, 2.75) is 77.6 Å². The minimum absolute atomic E-state index is 0.0566. The summed E-state index contributed by atoms with van der Waals surface area (Å²) in [6.07, 6.45) is -8.19. The molecular weight excluding hydrogens is 623 g/mol. The van der Waals surface area contributed by atoms with E-state index in [0.29, 0.717) is 6.92 Å². The smallest absolute Gasteiger partial charge is 0.476 e. The zero-order chi connectivity index (χ0) is 34.7. The van der Waals surface area contributed by atoms with Crippen molar-refractivity contribution in [1.29, 1.82) is 0 Å². The molecule has 2 aromatic heterocycles. The van der Waals surface area contributed by atoms with Gasteiger partial charge in [0.1, 0.15) is 6.56 Å². The summed E-state index contributed by atoms with van der Waals surface area (Å²) < 4.78 is 106. The van der Waals surface area contributed by atoms with Crippen molar-refractivity contribution in [3.05, 3.63) is 6.33 Å². The Labute approximate surface area is 252 Å². The number of phosphoric ester groups is 1. The van der Waals surface area contributed by atoms with E-state index in [2.05, 4.69) is 28.9 Å². The molecule has 21 heteroatoms.